The maximum absolute atomic E-state index is 14.1. The lowest BCUT2D eigenvalue weighted by Crippen LogP contribution is -2.47. The van der Waals surface area contributed by atoms with Gasteiger partial charge < -0.3 is 10.0 Å². The molecule has 1 saturated heterocycles. The van der Waals surface area contributed by atoms with Gasteiger partial charge in [0.2, 0.25) is 0 Å². The highest BCUT2D eigenvalue weighted by atomic mass is 32.2. The quantitative estimate of drug-likeness (QED) is 0.528. The van der Waals surface area contributed by atoms with Gasteiger partial charge in [0.05, 0.1) is 11.1 Å². The van der Waals surface area contributed by atoms with Crippen LogP contribution in [0.1, 0.15) is 48.9 Å². The number of halogens is 1. The van der Waals surface area contributed by atoms with Gasteiger partial charge in [-0.05, 0) is 73.7 Å². The van der Waals surface area contributed by atoms with Crippen molar-refractivity contribution in [3.8, 4) is 0 Å². The number of aromatic nitrogens is 1. The third-order valence-electron chi connectivity index (χ3n) is 7.23. The number of sulfonamides is 1. The Morgan fingerprint density at radius 1 is 1.11 bits per heavy atom. The molecular formula is C26H28FN3O4S. The lowest BCUT2D eigenvalue weighted by atomic mass is 9.74. The molecule has 0 spiro atoms. The van der Waals surface area contributed by atoms with Gasteiger partial charge in [0, 0.05) is 35.9 Å². The second kappa shape index (κ2) is 9.20. The van der Waals surface area contributed by atoms with Crippen molar-refractivity contribution < 1.29 is 22.7 Å². The van der Waals surface area contributed by atoms with Crippen LogP contribution >= 0.6 is 0 Å². The molecule has 2 N–H and O–H groups in total. The number of fused-ring (bicyclic) bond motifs is 1. The molecule has 1 aromatic heterocycles. The van der Waals surface area contributed by atoms with Gasteiger partial charge in [-0.3, -0.25) is 14.5 Å². The van der Waals surface area contributed by atoms with Crippen LogP contribution in [0.25, 0.3) is 10.9 Å². The number of rotatable bonds is 6. The van der Waals surface area contributed by atoms with Crippen molar-refractivity contribution in [2.45, 2.75) is 49.0 Å². The van der Waals surface area contributed by atoms with E-state index in [1.807, 2.05) is 0 Å². The van der Waals surface area contributed by atoms with Gasteiger partial charge in [-0.2, -0.15) is 0 Å². The molecule has 2 aliphatic rings. The number of hydrogen-bond donors (Lipinski definition) is 2. The number of benzene rings is 2. The third-order valence-corrected chi connectivity index (χ3v) is 8.64. The first kappa shape index (κ1) is 23.7. The molecule has 1 saturated carbocycles. The number of aliphatic hydroxyl groups is 1. The van der Waals surface area contributed by atoms with Gasteiger partial charge >= 0.3 is 0 Å². The summed E-state index contributed by atoms with van der Waals surface area (Å²) in [4.78, 5) is 18.6. The minimum atomic E-state index is -4.03. The molecule has 184 valence electrons. The lowest BCUT2D eigenvalue weighted by Gasteiger charge is -2.41. The molecule has 2 aromatic carbocycles. The molecular weight excluding hydrogens is 469 g/mol. The minimum Gasteiger partial charge on any atom is -0.390 e. The average Bonchev–Trinajstić information content (AvgIpc) is 2.82. The molecule has 0 bridgehead atoms. The second-order valence-corrected chi connectivity index (χ2v) is 11.3. The number of likely N-dealkylation sites (tertiary alicyclic amines) is 1. The Bertz CT molecular complexity index is 1350. The number of pyridine rings is 1. The van der Waals surface area contributed by atoms with E-state index in [0.717, 1.165) is 12.5 Å². The summed E-state index contributed by atoms with van der Waals surface area (Å²) in [7, 11) is -4.03. The number of amides is 1. The Morgan fingerprint density at radius 2 is 1.83 bits per heavy atom. The van der Waals surface area contributed by atoms with E-state index in [-0.39, 0.29) is 27.4 Å². The molecule has 3 aromatic rings. The molecule has 0 unspecified atom stereocenters. The number of carbonyl (C=O) groups excluding carboxylic acids is 1. The van der Waals surface area contributed by atoms with Crippen LogP contribution in [0.15, 0.2) is 59.6 Å². The molecule has 1 amide bonds. The van der Waals surface area contributed by atoms with E-state index < -0.39 is 21.4 Å². The molecule has 0 radical (unpaired) electrons. The normalized spacial score (nSPS) is 18.3. The molecule has 35 heavy (non-hydrogen) atoms. The highest BCUT2D eigenvalue weighted by Gasteiger charge is 2.37. The van der Waals surface area contributed by atoms with E-state index in [1.54, 1.807) is 23.1 Å². The first-order valence-electron chi connectivity index (χ1n) is 11.9. The summed E-state index contributed by atoms with van der Waals surface area (Å²) in [6, 6.07) is 11.5. The predicted molar refractivity (Wildman–Crippen MR) is 131 cm³/mol. The van der Waals surface area contributed by atoms with Crippen LogP contribution < -0.4 is 4.72 Å². The second-order valence-electron chi connectivity index (χ2n) is 9.65. The van der Waals surface area contributed by atoms with Crippen molar-refractivity contribution in [3.05, 3.63) is 66.1 Å². The van der Waals surface area contributed by atoms with Crippen LogP contribution in [-0.4, -0.2) is 48.0 Å². The van der Waals surface area contributed by atoms with E-state index in [0.29, 0.717) is 37.4 Å². The number of nitrogens with zero attached hydrogens (tertiary/aromatic N) is 2. The van der Waals surface area contributed by atoms with Crippen LogP contribution in [0, 0.1) is 11.7 Å². The summed E-state index contributed by atoms with van der Waals surface area (Å²) < 4.78 is 42.5. The average molecular weight is 498 g/mol. The van der Waals surface area contributed by atoms with Crippen LogP contribution in [-0.2, 0) is 10.0 Å². The van der Waals surface area contributed by atoms with Gasteiger partial charge in [0.15, 0.2) is 0 Å². The maximum atomic E-state index is 14.1. The standard InChI is InChI=1S/C26H28FN3O4S/c27-22-10-11-23(24-21(22)5-2-14-28-24)35(33,34)29-20-8-6-19(7-9-20)25(31)30-15-12-26(32,13-16-30)17-18-3-1-4-18/h2,5-11,14,18,29,32H,1,3-4,12-13,15-17H2. The van der Waals surface area contributed by atoms with Crippen molar-refractivity contribution in [2.75, 3.05) is 17.8 Å². The van der Waals surface area contributed by atoms with Crippen LogP contribution in [0.2, 0.25) is 0 Å². The molecule has 1 aliphatic heterocycles. The summed E-state index contributed by atoms with van der Waals surface area (Å²) in [5, 5.41) is 11.0. The molecule has 7 nitrogen and oxygen atoms in total. The summed E-state index contributed by atoms with van der Waals surface area (Å²) in [5.41, 5.74) is 0.104. The summed E-state index contributed by atoms with van der Waals surface area (Å²) in [6.45, 7) is 1.00. The summed E-state index contributed by atoms with van der Waals surface area (Å²) in [5.74, 6) is -0.0739. The largest absolute Gasteiger partial charge is 0.390 e. The molecule has 1 aliphatic carbocycles. The van der Waals surface area contributed by atoms with E-state index in [1.165, 1.54) is 49.7 Å². The maximum Gasteiger partial charge on any atom is 0.264 e. The lowest BCUT2D eigenvalue weighted by molar-refractivity contribution is -0.0419. The Hall–Kier alpha value is -3.04. The third kappa shape index (κ3) is 4.88. The fraction of sp³-hybridized carbons (Fsp3) is 0.385. The number of nitrogens with one attached hydrogen (secondary N) is 1. The predicted octanol–water partition coefficient (Wildman–Crippen LogP) is 4.33. The molecule has 2 fully saturated rings. The highest BCUT2D eigenvalue weighted by Crippen LogP contribution is 2.38. The Labute approximate surface area is 204 Å². The Balaban J connectivity index is 1.25. The van der Waals surface area contributed by atoms with Crippen LogP contribution in [0.5, 0.6) is 0 Å². The number of anilines is 1. The fourth-order valence-corrected chi connectivity index (χ4v) is 6.19. The van der Waals surface area contributed by atoms with Crippen molar-refractivity contribution in [1.82, 2.24) is 9.88 Å². The number of carbonyl (C=O) groups is 1. The molecule has 2 heterocycles. The van der Waals surface area contributed by atoms with Crippen molar-refractivity contribution >= 4 is 32.5 Å². The van der Waals surface area contributed by atoms with Crippen molar-refractivity contribution in [1.29, 1.82) is 0 Å². The molecule has 5 rings (SSSR count). The summed E-state index contributed by atoms with van der Waals surface area (Å²) >= 11 is 0. The first-order valence-corrected chi connectivity index (χ1v) is 13.4. The van der Waals surface area contributed by atoms with E-state index in [9.17, 15) is 22.7 Å². The Kier molecular flexibility index (Phi) is 6.23. The van der Waals surface area contributed by atoms with Crippen molar-refractivity contribution in [2.24, 2.45) is 5.92 Å². The number of hydrogen-bond acceptors (Lipinski definition) is 5. The van der Waals surface area contributed by atoms with Crippen LogP contribution in [0.3, 0.4) is 0 Å². The van der Waals surface area contributed by atoms with Gasteiger partial charge in [-0.15, -0.1) is 0 Å². The van der Waals surface area contributed by atoms with Crippen LogP contribution in [0.4, 0.5) is 10.1 Å². The zero-order valence-corrected chi connectivity index (χ0v) is 20.1. The van der Waals surface area contributed by atoms with Gasteiger partial charge in [-0.25, -0.2) is 12.8 Å². The van der Waals surface area contributed by atoms with E-state index >= 15 is 0 Å². The topological polar surface area (TPSA) is 99.6 Å². The summed E-state index contributed by atoms with van der Waals surface area (Å²) in [6.07, 6.45) is 7.01. The first-order chi connectivity index (χ1) is 16.7. The van der Waals surface area contributed by atoms with E-state index in [4.69, 9.17) is 0 Å². The van der Waals surface area contributed by atoms with Crippen molar-refractivity contribution in [3.63, 3.8) is 0 Å². The monoisotopic (exact) mass is 497 g/mol. The Morgan fingerprint density at radius 3 is 2.49 bits per heavy atom. The van der Waals surface area contributed by atoms with Gasteiger partial charge in [-0.1, -0.05) is 19.3 Å². The zero-order chi connectivity index (χ0) is 24.6. The zero-order valence-electron chi connectivity index (χ0n) is 19.3. The highest BCUT2D eigenvalue weighted by molar-refractivity contribution is 7.93. The van der Waals surface area contributed by atoms with E-state index in [2.05, 4.69) is 9.71 Å². The molecule has 9 heteroatoms. The smallest absolute Gasteiger partial charge is 0.264 e. The van der Waals surface area contributed by atoms with Gasteiger partial charge in [0.25, 0.3) is 15.9 Å². The van der Waals surface area contributed by atoms with Gasteiger partial charge in [0.1, 0.15) is 10.7 Å². The SMILES string of the molecule is O=C(c1ccc(NS(=O)(=O)c2ccc(F)c3cccnc23)cc1)N1CCC(O)(CC2CCC2)CC1. The number of piperidine rings is 1. The minimum absolute atomic E-state index is 0.0502. The molecule has 0 atom stereocenters. The fourth-order valence-electron chi connectivity index (χ4n) is 4.97.